The van der Waals surface area contributed by atoms with Crippen LogP contribution in [0.15, 0.2) is 30.5 Å². The number of aryl methyl sites for hydroxylation is 2. The third-order valence-corrected chi connectivity index (χ3v) is 1.92. The molecule has 1 aromatic carbocycles. The molecule has 0 heteroatoms. The molecule has 0 saturated carbocycles. The highest BCUT2D eigenvalue weighted by Crippen LogP contribution is 2.15. The lowest BCUT2D eigenvalue weighted by atomic mass is 10.0. The van der Waals surface area contributed by atoms with E-state index >= 15 is 0 Å². The molecule has 0 aromatic heterocycles. The van der Waals surface area contributed by atoms with Gasteiger partial charge in [0.05, 0.1) is 0 Å². The largest absolute Gasteiger partial charge is 0.125 e. The highest BCUT2D eigenvalue weighted by molar-refractivity contribution is 5.63. The summed E-state index contributed by atoms with van der Waals surface area (Å²) in [5.41, 5.74) is 7.82. The predicted octanol–water partition coefficient (Wildman–Crippen LogP) is 3.49. The molecule has 0 unspecified atom stereocenters. The van der Waals surface area contributed by atoms with Crippen molar-refractivity contribution in [3.63, 3.8) is 0 Å². The van der Waals surface area contributed by atoms with E-state index in [1.165, 1.54) is 16.7 Å². The molecule has 1 aromatic rings. The van der Waals surface area contributed by atoms with Gasteiger partial charge in [0.2, 0.25) is 0 Å². The van der Waals surface area contributed by atoms with E-state index in [0.717, 1.165) is 5.57 Å². The van der Waals surface area contributed by atoms with E-state index in [0.29, 0.717) is 0 Å². The lowest BCUT2D eigenvalue weighted by molar-refractivity contribution is 1.36. The fourth-order valence-corrected chi connectivity index (χ4v) is 1.29. The molecular formula is C12H14. The van der Waals surface area contributed by atoms with Crippen LogP contribution in [0.3, 0.4) is 0 Å². The van der Waals surface area contributed by atoms with Gasteiger partial charge >= 0.3 is 0 Å². The number of allylic oxidation sites excluding steroid dienone is 1. The molecule has 0 atom stereocenters. The maximum atomic E-state index is 3.63. The standard InChI is InChI=1S/C12H14/c1-5-11(4)12-7-9(2)6-10(3)8-12/h6-8H,1H2,2-4H3. The molecule has 0 fully saturated rings. The third kappa shape index (κ3) is 1.87. The molecule has 0 saturated heterocycles. The molecule has 1 rings (SSSR count). The molecule has 0 bridgehead atoms. The fraction of sp³-hybridized carbons (Fsp3) is 0.250. The highest BCUT2D eigenvalue weighted by Gasteiger charge is 1.96. The summed E-state index contributed by atoms with van der Waals surface area (Å²) in [6.07, 6.45) is 0. The number of hydrogen-bond donors (Lipinski definition) is 0. The van der Waals surface area contributed by atoms with Crippen LogP contribution in [0, 0.1) is 13.8 Å². The molecule has 0 N–H and O–H groups in total. The van der Waals surface area contributed by atoms with Crippen LogP contribution in [0.5, 0.6) is 0 Å². The average Bonchev–Trinajstić information content (AvgIpc) is 2.01. The zero-order chi connectivity index (χ0) is 9.14. The van der Waals surface area contributed by atoms with Gasteiger partial charge in [-0.3, -0.25) is 0 Å². The molecule has 62 valence electrons. The van der Waals surface area contributed by atoms with Gasteiger partial charge in [0, 0.05) is 0 Å². The third-order valence-electron chi connectivity index (χ3n) is 1.92. The molecule has 0 spiro atoms. The Morgan fingerprint density at radius 2 is 1.67 bits per heavy atom. The van der Waals surface area contributed by atoms with Crippen LogP contribution in [0.1, 0.15) is 23.6 Å². The van der Waals surface area contributed by atoms with Crippen LogP contribution in [0.2, 0.25) is 0 Å². The second kappa shape index (κ2) is 3.42. The Morgan fingerprint density at radius 3 is 2.08 bits per heavy atom. The predicted molar refractivity (Wildman–Crippen MR) is 54.1 cm³/mol. The Bertz CT molecular complexity index is 319. The van der Waals surface area contributed by atoms with E-state index in [9.17, 15) is 0 Å². The van der Waals surface area contributed by atoms with Crippen molar-refractivity contribution in [1.82, 2.24) is 0 Å². The zero-order valence-corrected chi connectivity index (χ0v) is 7.94. The van der Waals surface area contributed by atoms with E-state index in [1.54, 1.807) is 0 Å². The van der Waals surface area contributed by atoms with E-state index in [2.05, 4.69) is 44.4 Å². The van der Waals surface area contributed by atoms with Crippen molar-refractivity contribution in [3.05, 3.63) is 47.2 Å². The molecule has 0 aliphatic carbocycles. The summed E-state index contributed by atoms with van der Waals surface area (Å²) in [5.74, 6) is 0. The normalized spacial score (nSPS) is 9.25. The maximum Gasteiger partial charge on any atom is -0.00250 e. The fourth-order valence-electron chi connectivity index (χ4n) is 1.29. The second-order valence-electron chi connectivity index (χ2n) is 3.18. The monoisotopic (exact) mass is 158 g/mol. The van der Waals surface area contributed by atoms with E-state index in [-0.39, 0.29) is 0 Å². The first-order chi connectivity index (χ1) is 5.63. The van der Waals surface area contributed by atoms with Crippen molar-refractivity contribution in [1.29, 1.82) is 0 Å². The molecular weight excluding hydrogens is 144 g/mol. The summed E-state index contributed by atoms with van der Waals surface area (Å²) in [7, 11) is 0. The second-order valence-corrected chi connectivity index (χ2v) is 3.18. The molecule has 12 heavy (non-hydrogen) atoms. The van der Waals surface area contributed by atoms with Gasteiger partial charge in [-0.05, 0) is 31.9 Å². The van der Waals surface area contributed by atoms with Crippen LogP contribution < -0.4 is 0 Å². The Balaban J connectivity index is 3.26. The van der Waals surface area contributed by atoms with Gasteiger partial charge in [-0.25, -0.2) is 0 Å². The minimum Gasteiger partial charge on any atom is -0.125 e. The summed E-state index contributed by atoms with van der Waals surface area (Å²) in [5, 5.41) is 0. The van der Waals surface area contributed by atoms with Crippen molar-refractivity contribution in [2.24, 2.45) is 0 Å². The van der Waals surface area contributed by atoms with Gasteiger partial charge in [0.1, 0.15) is 0 Å². The first kappa shape index (κ1) is 8.83. The van der Waals surface area contributed by atoms with Gasteiger partial charge < -0.3 is 0 Å². The van der Waals surface area contributed by atoms with Crippen molar-refractivity contribution < 1.29 is 0 Å². The first-order valence-corrected chi connectivity index (χ1v) is 4.09. The van der Waals surface area contributed by atoms with Crippen LogP contribution in [0.25, 0.3) is 5.57 Å². The molecule has 0 amide bonds. The quantitative estimate of drug-likeness (QED) is 0.549. The van der Waals surface area contributed by atoms with Crippen LogP contribution in [0.4, 0.5) is 0 Å². The Kier molecular flexibility index (Phi) is 2.52. The number of benzene rings is 1. The van der Waals surface area contributed by atoms with Crippen LogP contribution in [-0.2, 0) is 0 Å². The van der Waals surface area contributed by atoms with Crippen molar-refractivity contribution in [2.45, 2.75) is 20.8 Å². The zero-order valence-electron chi connectivity index (χ0n) is 7.94. The Morgan fingerprint density at radius 1 is 1.17 bits per heavy atom. The van der Waals surface area contributed by atoms with E-state index < -0.39 is 0 Å². The summed E-state index contributed by atoms with van der Waals surface area (Å²) >= 11 is 0. The molecule has 0 nitrogen and oxygen atoms in total. The molecule has 0 heterocycles. The number of rotatable bonds is 1. The van der Waals surface area contributed by atoms with Crippen LogP contribution in [-0.4, -0.2) is 0 Å². The van der Waals surface area contributed by atoms with Gasteiger partial charge in [0.15, 0.2) is 0 Å². The summed E-state index contributed by atoms with van der Waals surface area (Å²) in [6.45, 7) is 9.87. The molecule has 0 radical (unpaired) electrons. The van der Waals surface area contributed by atoms with E-state index in [1.807, 2.05) is 6.92 Å². The van der Waals surface area contributed by atoms with Crippen molar-refractivity contribution >= 4 is 5.57 Å². The van der Waals surface area contributed by atoms with Gasteiger partial charge in [0.25, 0.3) is 0 Å². The summed E-state index contributed by atoms with van der Waals surface area (Å²) in [6, 6.07) is 6.47. The molecule has 0 aliphatic heterocycles. The van der Waals surface area contributed by atoms with Crippen molar-refractivity contribution in [2.75, 3.05) is 0 Å². The van der Waals surface area contributed by atoms with Gasteiger partial charge in [-0.15, -0.1) is 5.73 Å². The molecule has 0 aliphatic rings. The lowest BCUT2D eigenvalue weighted by Crippen LogP contribution is -1.83. The highest BCUT2D eigenvalue weighted by atomic mass is 14.0. The summed E-state index contributed by atoms with van der Waals surface area (Å²) in [4.78, 5) is 0. The smallest absolute Gasteiger partial charge is 0.00250 e. The number of hydrogen-bond acceptors (Lipinski definition) is 0. The van der Waals surface area contributed by atoms with Gasteiger partial charge in [-0.2, -0.15) is 0 Å². The lowest BCUT2D eigenvalue weighted by Gasteiger charge is -2.02. The van der Waals surface area contributed by atoms with Crippen molar-refractivity contribution in [3.8, 4) is 0 Å². The summed E-state index contributed by atoms with van der Waals surface area (Å²) < 4.78 is 0. The van der Waals surface area contributed by atoms with Gasteiger partial charge in [-0.1, -0.05) is 35.9 Å². The average molecular weight is 158 g/mol. The van der Waals surface area contributed by atoms with E-state index in [4.69, 9.17) is 0 Å². The topological polar surface area (TPSA) is 0 Å². The van der Waals surface area contributed by atoms with Crippen LogP contribution >= 0.6 is 0 Å². The minimum absolute atomic E-state index is 1.11. The minimum atomic E-state index is 1.11. The maximum absolute atomic E-state index is 3.63. The Labute approximate surface area is 74.2 Å². The SMILES string of the molecule is C=C=C(C)c1cc(C)cc(C)c1. The Hall–Kier alpha value is -1.26. The first-order valence-electron chi connectivity index (χ1n) is 4.09.